The van der Waals surface area contributed by atoms with Gasteiger partial charge in [0.05, 0.1) is 0 Å². The second-order valence-electron chi connectivity index (χ2n) is 3.20. The average molecular weight is 294 g/mol. The fourth-order valence-corrected chi connectivity index (χ4v) is 2.64. The Bertz CT molecular complexity index is 302. The molecule has 1 aromatic heterocycles. The van der Waals surface area contributed by atoms with Gasteiger partial charge in [0.2, 0.25) is 0 Å². The van der Waals surface area contributed by atoms with Crippen molar-refractivity contribution < 1.29 is 0 Å². The third-order valence-electron chi connectivity index (χ3n) is 2.43. The van der Waals surface area contributed by atoms with Crippen LogP contribution in [0.15, 0.2) is 9.21 Å². The van der Waals surface area contributed by atoms with Crippen molar-refractivity contribution in [3.63, 3.8) is 0 Å². The van der Waals surface area contributed by atoms with E-state index < -0.39 is 0 Å². The van der Waals surface area contributed by atoms with Crippen molar-refractivity contribution in [2.75, 3.05) is 0 Å². The minimum Gasteiger partial charge on any atom is -0.319 e. The van der Waals surface area contributed by atoms with Gasteiger partial charge in [-0.3, -0.25) is 0 Å². The van der Waals surface area contributed by atoms with E-state index in [0.29, 0.717) is 6.04 Å². The molecule has 1 aliphatic rings. The van der Waals surface area contributed by atoms with Crippen molar-refractivity contribution in [3.8, 4) is 0 Å². The second kappa shape index (κ2) is 3.14. The molecule has 12 heavy (non-hydrogen) atoms. The molecule has 66 valence electrons. The van der Waals surface area contributed by atoms with Crippen LogP contribution in [0.1, 0.15) is 31.1 Å². The highest BCUT2D eigenvalue weighted by Crippen LogP contribution is 2.37. The Labute approximate surface area is 88.6 Å². The number of nitrogens with zero attached hydrogens (tertiary/aromatic N) is 2. The first-order valence-corrected chi connectivity index (χ1v) is 5.68. The van der Waals surface area contributed by atoms with Crippen LogP contribution < -0.4 is 0 Å². The van der Waals surface area contributed by atoms with Crippen LogP contribution in [0, 0.1) is 6.92 Å². The third kappa shape index (κ3) is 1.25. The highest BCUT2D eigenvalue weighted by molar-refractivity contribution is 9.13. The summed E-state index contributed by atoms with van der Waals surface area (Å²) in [6, 6.07) is 0.679. The molecule has 1 aromatic rings. The smallest absolute Gasteiger partial charge is 0.139 e. The summed E-state index contributed by atoms with van der Waals surface area (Å²) in [5, 5.41) is 0. The molecular weight excluding hydrogens is 284 g/mol. The molecule has 2 nitrogen and oxygen atoms in total. The van der Waals surface area contributed by atoms with Crippen LogP contribution in [-0.2, 0) is 0 Å². The lowest BCUT2D eigenvalue weighted by molar-refractivity contribution is 0.305. The van der Waals surface area contributed by atoms with E-state index in [1.165, 1.54) is 19.3 Å². The zero-order valence-electron chi connectivity index (χ0n) is 6.85. The summed E-state index contributed by atoms with van der Waals surface area (Å²) in [4.78, 5) is 4.35. The Morgan fingerprint density at radius 1 is 1.42 bits per heavy atom. The maximum absolute atomic E-state index is 4.35. The first kappa shape index (κ1) is 8.75. The van der Waals surface area contributed by atoms with Crippen LogP contribution >= 0.6 is 31.9 Å². The molecular formula is C8H10Br2N2. The predicted molar refractivity (Wildman–Crippen MR) is 55.3 cm³/mol. The molecule has 1 saturated carbocycles. The number of aromatic nitrogens is 2. The van der Waals surface area contributed by atoms with Gasteiger partial charge in [0.15, 0.2) is 0 Å². The predicted octanol–water partition coefficient (Wildman–Crippen LogP) is 3.44. The van der Waals surface area contributed by atoms with Gasteiger partial charge in [0.1, 0.15) is 15.0 Å². The van der Waals surface area contributed by atoms with Crippen molar-refractivity contribution in [1.29, 1.82) is 0 Å². The van der Waals surface area contributed by atoms with Crippen molar-refractivity contribution >= 4 is 31.9 Å². The van der Waals surface area contributed by atoms with Crippen molar-refractivity contribution in [1.82, 2.24) is 9.55 Å². The normalized spacial score (nSPS) is 17.9. The molecule has 0 bridgehead atoms. The van der Waals surface area contributed by atoms with Crippen LogP contribution in [-0.4, -0.2) is 9.55 Å². The lowest BCUT2D eigenvalue weighted by atomic mass is 9.93. The Morgan fingerprint density at radius 3 is 2.42 bits per heavy atom. The standard InChI is InChI=1S/C8H10Br2N2/c1-5-11-7(9)8(10)12(5)6-3-2-4-6/h6H,2-4H2,1H3. The van der Waals surface area contributed by atoms with Crippen LogP contribution in [0.4, 0.5) is 0 Å². The Kier molecular flexibility index (Phi) is 2.29. The first-order valence-electron chi connectivity index (χ1n) is 4.10. The zero-order chi connectivity index (χ0) is 8.72. The summed E-state index contributed by atoms with van der Waals surface area (Å²) in [6.07, 6.45) is 3.94. The number of hydrogen-bond donors (Lipinski definition) is 0. The SMILES string of the molecule is Cc1nc(Br)c(Br)n1C1CCC1. The van der Waals surface area contributed by atoms with Crippen LogP contribution in [0.3, 0.4) is 0 Å². The molecule has 0 atom stereocenters. The van der Waals surface area contributed by atoms with Gasteiger partial charge < -0.3 is 4.57 Å². The topological polar surface area (TPSA) is 17.8 Å². The van der Waals surface area contributed by atoms with Gasteiger partial charge in [-0.1, -0.05) is 0 Å². The number of rotatable bonds is 1. The minimum atomic E-state index is 0.679. The molecule has 1 fully saturated rings. The number of hydrogen-bond acceptors (Lipinski definition) is 1. The molecule has 0 radical (unpaired) electrons. The van der Waals surface area contributed by atoms with Gasteiger partial charge >= 0.3 is 0 Å². The maximum atomic E-state index is 4.35. The van der Waals surface area contributed by atoms with E-state index >= 15 is 0 Å². The van der Waals surface area contributed by atoms with E-state index in [2.05, 4.69) is 41.4 Å². The van der Waals surface area contributed by atoms with E-state index in [1.54, 1.807) is 0 Å². The molecule has 4 heteroatoms. The molecule has 0 amide bonds. The molecule has 0 saturated heterocycles. The van der Waals surface area contributed by atoms with Gasteiger partial charge in [-0.15, -0.1) is 0 Å². The molecule has 2 rings (SSSR count). The fourth-order valence-electron chi connectivity index (χ4n) is 1.55. The molecule has 0 N–H and O–H groups in total. The highest BCUT2D eigenvalue weighted by atomic mass is 79.9. The zero-order valence-corrected chi connectivity index (χ0v) is 10.0. The monoisotopic (exact) mass is 292 g/mol. The first-order chi connectivity index (χ1) is 5.70. The number of halogens is 2. The Balaban J connectivity index is 2.40. The van der Waals surface area contributed by atoms with E-state index in [4.69, 9.17) is 0 Å². The van der Waals surface area contributed by atoms with Gasteiger partial charge in [0.25, 0.3) is 0 Å². The minimum absolute atomic E-state index is 0.679. The average Bonchev–Trinajstić information content (AvgIpc) is 2.13. The Hall–Kier alpha value is 0.170. The van der Waals surface area contributed by atoms with E-state index in [-0.39, 0.29) is 0 Å². The van der Waals surface area contributed by atoms with Crippen molar-refractivity contribution in [3.05, 3.63) is 15.0 Å². The third-order valence-corrected chi connectivity index (χ3v) is 4.27. The molecule has 0 aromatic carbocycles. The molecule has 1 aliphatic carbocycles. The van der Waals surface area contributed by atoms with E-state index in [9.17, 15) is 0 Å². The summed E-state index contributed by atoms with van der Waals surface area (Å²) in [7, 11) is 0. The molecule has 0 unspecified atom stereocenters. The van der Waals surface area contributed by atoms with Gasteiger partial charge in [0, 0.05) is 6.04 Å². The van der Waals surface area contributed by atoms with Crippen molar-refractivity contribution in [2.45, 2.75) is 32.2 Å². The van der Waals surface area contributed by atoms with Crippen LogP contribution in [0.25, 0.3) is 0 Å². The van der Waals surface area contributed by atoms with Crippen LogP contribution in [0.5, 0.6) is 0 Å². The van der Waals surface area contributed by atoms with Gasteiger partial charge in [-0.05, 0) is 58.0 Å². The van der Waals surface area contributed by atoms with Gasteiger partial charge in [-0.25, -0.2) is 4.98 Å². The largest absolute Gasteiger partial charge is 0.319 e. The summed E-state index contributed by atoms with van der Waals surface area (Å²) in [5.41, 5.74) is 0. The lowest BCUT2D eigenvalue weighted by Gasteiger charge is -2.28. The second-order valence-corrected chi connectivity index (χ2v) is 4.70. The quantitative estimate of drug-likeness (QED) is 0.775. The van der Waals surface area contributed by atoms with E-state index in [1.807, 2.05) is 6.92 Å². The molecule has 0 spiro atoms. The van der Waals surface area contributed by atoms with Crippen LogP contribution in [0.2, 0.25) is 0 Å². The number of aryl methyl sites for hydroxylation is 1. The number of imidazole rings is 1. The highest BCUT2D eigenvalue weighted by Gasteiger charge is 2.24. The maximum Gasteiger partial charge on any atom is 0.139 e. The Morgan fingerprint density at radius 2 is 2.08 bits per heavy atom. The summed E-state index contributed by atoms with van der Waals surface area (Å²) in [6.45, 7) is 2.05. The summed E-state index contributed by atoms with van der Waals surface area (Å²) < 4.78 is 4.28. The summed E-state index contributed by atoms with van der Waals surface area (Å²) >= 11 is 6.94. The molecule has 0 aliphatic heterocycles. The lowest BCUT2D eigenvalue weighted by Crippen LogP contribution is -2.18. The van der Waals surface area contributed by atoms with E-state index in [0.717, 1.165) is 15.0 Å². The molecule has 1 heterocycles. The summed E-state index contributed by atoms with van der Waals surface area (Å²) in [5.74, 6) is 1.10. The van der Waals surface area contributed by atoms with Gasteiger partial charge in [-0.2, -0.15) is 0 Å². The van der Waals surface area contributed by atoms with Crippen molar-refractivity contribution in [2.24, 2.45) is 0 Å². The fraction of sp³-hybridized carbons (Fsp3) is 0.625.